The van der Waals surface area contributed by atoms with Crippen LogP contribution in [-0.2, 0) is 0 Å². The van der Waals surface area contributed by atoms with Crippen molar-refractivity contribution in [1.82, 2.24) is 29.8 Å². The Balaban J connectivity index is 0.00000156. The number of rotatable bonds is 4. The molecule has 1 amide bonds. The molecule has 0 aliphatic carbocycles. The van der Waals surface area contributed by atoms with Crippen LogP contribution in [0.3, 0.4) is 0 Å². The number of nitrogens with zero attached hydrogens (tertiary/aromatic N) is 5. The molecule has 0 atom stereocenters. The number of fused-ring (bicyclic) bond motifs is 1. The lowest BCUT2D eigenvalue weighted by molar-refractivity contribution is 0.0675. The number of nitrogens with one attached hydrogen (secondary N) is 1. The number of piperidine rings is 1. The Morgan fingerprint density at radius 1 is 1.24 bits per heavy atom. The van der Waals surface area contributed by atoms with E-state index in [4.69, 9.17) is 0 Å². The van der Waals surface area contributed by atoms with E-state index in [2.05, 4.69) is 20.4 Å². The van der Waals surface area contributed by atoms with Gasteiger partial charge in [-0.1, -0.05) is 0 Å². The summed E-state index contributed by atoms with van der Waals surface area (Å²) in [5.74, 6) is 1.36. The van der Waals surface area contributed by atoms with E-state index in [0.717, 1.165) is 43.9 Å². The van der Waals surface area contributed by atoms with Crippen LogP contribution >= 0.6 is 24.8 Å². The van der Waals surface area contributed by atoms with Gasteiger partial charge in [-0.25, -0.2) is 9.50 Å². The molecule has 3 heterocycles. The van der Waals surface area contributed by atoms with Crippen molar-refractivity contribution < 1.29 is 4.79 Å². The van der Waals surface area contributed by atoms with Gasteiger partial charge in [0.1, 0.15) is 0 Å². The first-order valence-electron chi connectivity index (χ1n) is 8.23. The van der Waals surface area contributed by atoms with E-state index in [1.807, 2.05) is 31.9 Å². The van der Waals surface area contributed by atoms with E-state index in [-0.39, 0.29) is 36.5 Å². The summed E-state index contributed by atoms with van der Waals surface area (Å²) in [6.45, 7) is 6.47. The van der Waals surface area contributed by atoms with E-state index in [9.17, 15) is 4.79 Å². The lowest BCUT2D eigenvalue weighted by Gasteiger charge is -2.31. The van der Waals surface area contributed by atoms with Crippen molar-refractivity contribution in [3.05, 3.63) is 23.3 Å². The number of likely N-dealkylation sites (tertiary alicyclic amines) is 1. The number of carbonyl (C=O) groups is 1. The summed E-state index contributed by atoms with van der Waals surface area (Å²) in [5.41, 5.74) is 1.82. The molecule has 140 valence electrons. The van der Waals surface area contributed by atoms with Gasteiger partial charge in [0.05, 0.1) is 0 Å². The molecular formula is C16H26Cl2N6O. The molecule has 0 unspecified atom stereocenters. The fraction of sp³-hybridized carbons (Fsp3) is 0.625. The van der Waals surface area contributed by atoms with Crippen LogP contribution in [0, 0.1) is 19.8 Å². The van der Waals surface area contributed by atoms with Crippen molar-refractivity contribution in [1.29, 1.82) is 0 Å². The number of carbonyl (C=O) groups excluding carboxylic acids is 1. The summed E-state index contributed by atoms with van der Waals surface area (Å²) in [6, 6.07) is 1.93. The third-order valence-corrected chi connectivity index (χ3v) is 4.51. The number of aryl methyl sites for hydroxylation is 2. The van der Waals surface area contributed by atoms with Gasteiger partial charge in [0.2, 0.25) is 5.82 Å². The van der Waals surface area contributed by atoms with Crippen molar-refractivity contribution in [3.63, 3.8) is 0 Å². The van der Waals surface area contributed by atoms with Gasteiger partial charge in [0.25, 0.3) is 11.7 Å². The first kappa shape index (κ1) is 21.6. The number of halogens is 2. The second-order valence-electron chi connectivity index (χ2n) is 6.31. The van der Waals surface area contributed by atoms with Gasteiger partial charge < -0.3 is 10.2 Å². The molecule has 3 rings (SSSR count). The predicted molar refractivity (Wildman–Crippen MR) is 102 cm³/mol. The van der Waals surface area contributed by atoms with Crippen molar-refractivity contribution in [2.45, 2.75) is 33.1 Å². The minimum atomic E-state index is -0.0837. The highest BCUT2D eigenvalue weighted by molar-refractivity contribution is 5.91. The van der Waals surface area contributed by atoms with E-state index in [1.165, 1.54) is 6.42 Å². The molecule has 1 saturated heterocycles. The molecule has 1 N–H and O–H groups in total. The van der Waals surface area contributed by atoms with E-state index >= 15 is 0 Å². The summed E-state index contributed by atoms with van der Waals surface area (Å²) in [4.78, 5) is 23.2. The van der Waals surface area contributed by atoms with Gasteiger partial charge in [-0.15, -0.1) is 29.9 Å². The highest BCUT2D eigenvalue weighted by Gasteiger charge is 2.26. The van der Waals surface area contributed by atoms with Gasteiger partial charge in [0, 0.05) is 24.5 Å². The van der Waals surface area contributed by atoms with Crippen molar-refractivity contribution in [2.75, 3.05) is 26.7 Å². The molecule has 0 spiro atoms. The zero-order valence-corrected chi connectivity index (χ0v) is 16.5. The molecule has 0 aromatic carbocycles. The average Bonchev–Trinajstić information content (AvgIpc) is 2.97. The van der Waals surface area contributed by atoms with Gasteiger partial charge in [-0.2, -0.15) is 4.98 Å². The molecule has 0 saturated carbocycles. The van der Waals surface area contributed by atoms with E-state index in [0.29, 0.717) is 11.7 Å². The first-order valence-corrected chi connectivity index (χ1v) is 8.23. The summed E-state index contributed by atoms with van der Waals surface area (Å²) in [7, 11) is 1.98. The lowest BCUT2D eigenvalue weighted by Crippen LogP contribution is -2.39. The zero-order chi connectivity index (χ0) is 16.4. The van der Waals surface area contributed by atoms with Crippen LogP contribution in [0.25, 0.3) is 5.78 Å². The Morgan fingerprint density at radius 2 is 1.92 bits per heavy atom. The van der Waals surface area contributed by atoms with Crippen LogP contribution in [0.5, 0.6) is 0 Å². The predicted octanol–water partition coefficient (Wildman–Crippen LogP) is 2.05. The maximum absolute atomic E-state index is 12.6. The van der Waals surface area contributed by atoms with Gasteiger partial charge in [-0.05, 0) is 58.7 Å². The highest BCUT2D eigenvalue weighted by Crippen LogP contribution is 2.21. The van der Waals surface area contributed by atoms with Crippen LogP contribution in [0.1, 0.15) is 41.3 Å². The second kappa shape index (κ2) is 9.31. The molecule has 1 aliphatic rings. The number of hydrogen-bond acceptors (Lipinski definition) is 5. The Bertz CT molecular complexity index is 712. The third kappa shape index (κ3) is 4.80. The largest absolute Gasteiger partial charge is 0.336 e. The maximum atomic E-state index is 12.6. The smallest absolute Gasteiger partial charge is 0.293 e. The van der Waals surface area contributed by atoms with E-state index < -0.39 is 0 Å². The molecule has 1 fully saturated rings. The second-order valence-corrected chi connectivity index (χ2v) is 6.31. The van der Waals surface area contributed by atoms with Crippen LogP contribution in [0.4, 0.5) is 0 Å². The Morgan fingerprint density at radius 3 is 2.56 bits per heavy atom. The fourth-order valence-electron chi connectivity index (χ4n) is 3.17. The van der Waals surface area contributed by atoms with Crippen molar-refractivity contribution in [3.8, 4) is 0 Å². The standard InChI is InChI=1S/C16H24N6O.2ClH/c1-11-10-12(2)22-16(18-11)19-14(20-22)15(23)21-8-5-13(6-9-21)4-7-17-3;;/h10,13,17H,4-9H2,1-3H3;2*1H. The van der Waals surface area contributed by atoms with Gasteiger partial charge >= 0.3 is 0 Å². The SMILES string of the molecule is CNCCC1CCN(C(=O)c2nc3nc(C)cc(C)n3n2)CC1.Cl.Cl. The molecule has 7 nitrogen and oxygen atoms in total. The molecule has 2 aromatic heterocycles. The number of amides is 1. The minimum absolute atomic E-state index is 0. The summed E-state index contributed by atoms with van der Waals surface area (Å²) in [5, 5.41) is 7.53. The summed E-state index contributed by atoms with van der Waals surface area (Å²) < 4.78 is 1.64. The summed E-state index contributed by atoms with van der Waals surface area (Å²) in [6.07, 6.45) is 3.28. The Kier molecular flexibility index (Phi) is 8.05. The number of hydrogen-bond donors (Lipinski definition) is 1. The quantitative estimate of drug-likeness (QED) is 0.866. The van der Waals surface area contributed by atoms with Crippen LogP contribution < -0.4 is 5.32 Å². The van der Waals surface area contributed by atoms with Crippen LogP contribution in [0.2, 0.25) is 0 Å². The first-order chi connectivity index (χ1) is 11.1. The van der Waals surface area contributed by atoms with Crippen molar-refractivity contribution >= 4 is 36.5 Å². The molecule has 9 heteroatoms. The Labute approximate surface area is 160 Å². The Hall–Kier alpha value is -1.44. The number of aromatic nitrogens is 4. The maximum Gasteiger partial charge on any atom is 0.293 e. The topological polar surface area (TPSA) is 75.4 Å². The minimum Gasteiger partial charge on any atom is -0.336 e. The third-order valence-electron chi connectivity index (χ3n) is 4.51. The zero-order valence-electron chi connectivity index (χ0n) is 14.9. The average molecular weight is 389 g/mol. The summed E-state index contributed by atoms with van der Waals surface area (Å²) >= 11 is 0. The van der Waals surface area contributed by atoms with Crippen LogP contribution in [0.15, 0.2) is 6.07 Å². The molecule has 2 aromatic rings. The lowest BCUT2D eigenvalue weighted by atomic mass is 9.93. The molecule has 1 aliphatic heterocycles. The van der Waals surface area contributed by atoms with Gasteiger partial charge in [0.15, 0.2) is 0 Å². The fourth-order valence-corrected chi connectivity index (χ4v) is 3.17. The van der Waals surface area contributed by atoms with Gasteiger partial charge in [-0.3, -0.25) is 4.79 Å². The molecule has 0 bridgehead atoms. The van der Waals surface area contributed by atoms with Crippen LogP contribution in [-0.4, -0.2) is 57.1 Å². The molecule has 25 heavy (non-hydrogen) atoms. The van der Waals surface area contributed by atoms with Crippen molar-refractivity contribution in [2.24, 2.45) is 5.92 Å². The molecular weight excluding hydrogens is 363 g/mol. The van der Waals surface area contributed by atoms with E-state index in [1.54, 1.807) is 4.52 Å². The normalized spacial score (nSPS) is 14.9. The molecule has 0 radical (unpaired) electrons. The highest BCUT2D eigenvalue weighted by atomic mass is 35.5. The monoisotopic (exact) mass is 388 g/mol.